The first-order chi connectivity index (χ1) is 13.6. The van der Waals surface area contributed by atoms with Crippen molar-refractivity contribution < 1.29 is 4.79 Å². The van der Waals surface area contributed by atoms with E-state index in [4.69, 9.17) is 16.6 Å². The van der Waals surface area contributed by atoms with E-state index in [9.17, 15) is 9.59 Å². The van der Waals surface area contributed by atoms with Gasteiger partial charge in [0.25, 0.3) is 11.5 Å². The second-order valence-electron chi connectivity index (χ2n) is 6.62. The Hall–Kier alpha value is -3.06. The quantitative estimate of drug-likeness (QED) is 0.688. The minimum absolute atomic E-state index is 0.119. The van der Waals surface area contributed by atoms with Gasteiger partial charge in [0.15, 0.2) is 0 Å². The molecule has 0 aromatic carbocycles. The van der Waals surface area contributed by atoms with Gasteiger partial charge in [-0.15, -0.1) is 0 Å². The number of carbonyl (C=O) groups excluding carboxylic acids is 1. The van der Waals surface area contributed by atoms with Crippen molar-refractivity contribution in [3.05, 3.63) is 75.8 Å². The van der Waals surface area contributed by atoms with E-state index < -0.39 is 0 Å². The summed E-state index contributed by atoms with van der Waals surface area (Å²) >= 11 is 5.79. The normalized spacial score (nSPS) is 16.1. The predicted molar refractivity (Wildman–Crippen MR) is 105 cm³/mol. The summed E-state index contributed by atoms with van der Waals surface area (Å²) in [7, 11) is 0. The average Bonchev–Trinajstić information content (AvgIpc) is 2.92. The molecule has 3 aromatic rings. The number of fused-ring (bicyclic) bond motifs is 1. The number of nitrogens with one attached hydrogen (secondary N) is 1. The van der Waals surface area contributed by atoms with Gasteiger partial charge in [-0.05, 0) is 43.5 Å². The molecule has 1 atom stereocenters. The lowest BCUT2D eigenvalue weighted by molar-refractivity contribution is 0.0932. The molecule has 1 aliphatic heterocycles. The summed E-state index contributed by atoms with van der Waals surface area (Å²) in [5.74, 6) is 0.304. The van der Waals surface area contributed by atoms with Gasteiger partial charge in [0.05, 0.1) is 17.3 Å². The number of halogens is 1. The number of carbonyl (C=O) groups is 1. The van der Waals surface area contributed by atoms with Crippen LogP contribution >= 0.6 is 11.6 Å². The summed E-state index contributed by atoms with van der Waals surface area (Å²) in [6.07, 6.45) is 7.21. The van der Waals surface area contributed by atoms with Gasteiger partial charge in [-0.25, -0.2) is 9.97 Å². The van der Waals surface area contributed by atoms with Crippen LogP contribution < -0.4 is 10.9 Å². The Labute approximate surface area is 166 Å². The van der Waals surface area contributed by atoms with Gasteiger partial charge < -0.3 is 5.32 Å². The van der Waals surface area contributed by atoms with Gasteiger partial charge >= 0.3 is 0 Å². The van der Waals surface area contributed by atoms with Crippen molar-refractivity contribution in [3.8, 4) is 11.3 Å². The number of aromatic nitrogens is 4. The van der Waals surface area contributed by atoms with Crippen molar-refractivity contribution in [2.45, 2.75) is 31.8 Å². The number of hydrogen-bond donors (Lipinski definition) is 1. The van der Waals surface area contributed by atoms with Gasteiger partial charge in [0, 0.05) is 36.8 Å². The van der Waals surface area contributed by atoms with Gasteiger partial charge in [0.2, 0.25) is 0 Å². The summed E-state index contributed by atoms with van der Waals surface area (Å²) in [5.41, 5.74) is 1.68. The summed E-state index contributed by atoms with van der Waals surface area (Å²) in [6.45, 7) is 0.590. The van der Waals surface area contributed by atoms with Crippen molar-refractivity contribution >= 4 is 17.5 Å². The van der Waals surface area contributed by atoms with Crippen LogP contribution in [0.25, 0.3) is 11.3 Å². The van der Waals surface area contributed by atoms with E-state index in [1.165, 1.54) is 12.3 Å². The minimum atomic E-state index is -0.361. The Morgan fingerprint density at radius 3 is 2.75 bits per heavy atom. The third kappa shape index (κ3) is 3.80. The Bertz CT molecular complexity index is 1050. The Balaban J connectivity index is 1.70. The highest BCUT2D eigenvalue weighted by molar-refractivity contribution is 6.29. The van der Waals surface area contributed by atoms with Crippen LogP contribution in [0.15, 0.2) is 53.7 Å². The van der Waals surface area contributed by atoms with Crippen molar-refractivity contribution in [1.29, 1.82) is 0 Å². The van der Waals surface area contributed by atoms with Crippen molar-refractivity contribution in [2.24, 2.45) is 0 Å². The van der Waals surface area contributed by atoms with E-state index in [2.05, 4.69) is 15.3 Å². The molecule has 0 spiro atoms. The lowest BCUT2D eigenvalue weighted by atomic mass is 10.1. The third-order valence-corrected chi connectivity index (χ3v) is 4.97. The molecule has 4 rings (SSSR count). The zero-order valence-electron chi connectivity index (χ0n) is 15.0. The van der Waals surface area contributed by atoms with Gasteiger partial charge in [0.1, 0.15) is 11.0 Å². The number of hydrogen-bond acceptors (Lipinski definition) is 5. The van der Waals surface area contributed by atoms with E-state index in [-0.39, 0.29) is 17.5 Å². The SMILES string of the molecule is O=C(NC1CCCCn2c1nc(-c1ccncc1)cc2=O)c1ccc(Cl)nc1. The van der Waals surface area contributed by atoms with Crippen molar-refractivity contribution in [2.75, 3.05) is 0 Å². The highest BCUT2D eigenvalue weighted by Gasteiger charge is 2.24. The van der Waals surface area contributed by atoms with Crippen molar-refractivity contribution in [3.63, 3.8) is 0 Å². The molecule has 7 nitrogen and oxygen atoms in total. The molecule has 4 heterocycles. The molecule has 0 bridgehead atoms. The molecule has 3 aromatic heterocycles. The monoisotopic (exact) mass is 395 g/mol. The molecule has 1 amide bonds. The van der Waals surface area contributed by atoms with E-state index in [1.807, 2.05) is 12.1 Å². The molecule has 0 aliphatic carbocycles. The summed E-state index contributed by atoms with van der Waals surface area (Å²) < 4.78 is 1.66. The fraction of sp³-hybridized carbons (Fsp3) is 0.250. The molecule has 1 N–H and O–H groups in total. The van der Waals surface area contributed by atoms with Crippen LogP contribution in [0.1, 0.15) is 41.5 Å². The summed E-state index contributed by atoms with van der Waals surface area (Å²) in [5, 5.41) is 3.33. The van der Waals surface area contributed by atoms with Crippen LogP contribution in [0.4, 0.5) is 0 Å². The lowest BCUT2D eigenvalue weighted by Gasteiger charge is -2.19. The molecule has 1 unspecified atom stereocenters. The van der Waals surface area contributed by atoms with Crippen LogP contribution in [0.5, 0.6) is 0 Å². The van der Waals surface area contributed by atoms with E-state index in [1.54, 1.807) is 29.1 Å². The third-order valence-electron chi connectivity index (χ3n) is 4.74. The molecule has 1 aliphatic rings. The van der Waals surface area contributed by atoms with Gasteiger partial charge in [-0.3, -0.25) is 19.1 Å². The summed E-state index contributed by atoms with van der Waals surface area (Å²) in [6, 6.07) is 7.98. The fourth-order valence-corrected chi connectivity index (χ4v) is 3.43. The number of nitrogens with zero attached hydrogens (tertiary/aromatic N) is 4. The molecule has 0 fully saturated rings. The van der Waals surface area contributed by atoms with Crippen LogP contribution in [-0.2, 0) is 6.54 Å². The van der Waals surface area contributed by atoms with Gasteiger partial charge in [-0.1, -0.05) is 11.6 Å². The molecule has 0 radical (unpaired) electrons. The van der Waals surface area contributed by atoms with E-state index in [0.717, 1.165) is 18.4 Å². The van der Waals surface area contributed by atoms with E-state index in [0.29, 0.717) is 35.2 Å². The van der Waals surface area contributed by atoms with Crippen LogP contribution in [0.2, 0.25) is 5.15 Å². The molecule has 0 saturated carbocycles. The standard InChI is InChI=1S/C20H18ClN5O2/c21-17-5-4-14(12-23-17)20(28)25-15-3-1-2-10-26-18(27)11-16(24-19(15)26)13-6-8-22-9-7-13/h4-9,11-12,15H,1-3,10H2,(H,25,28). The largest absolute Gasteiger partial charge is 0.342 e. The van der Waals surface area contributed by atoms with Gasteiger partial charge in [-0.2, -0.15) is 0 Å². The number of rotatable bonds is 3. The highest BCUT2D eigenvalue weighted by Crippen LogP contribution is 2.24. The Morgan fingerprint density at radius 1 is 1.18 bits per heavy atom. The number of amides is 1. The first-order valence-corrected chi connectivity index (χ1v) is 9.44. The fourth-order valence-electron chi connectivity index (χ4n) is 3.32. The molecule has 0 saturated heterocycles. The zero-order chi connectivity index (χ0) is 19.5. The molecule has 142 valence electrons. The van der Waals surface area contributed by atoms with Crippen molar-refractivity contribution in [1.82, 2.24) is 24.8 Å². The maximum Gasteiger partial charge on any atom is 0.254 e. The minimum Gasteiger partial charge on any atom is -0.342 e. The smallest absolute Gasteiger partial charge is 0.254 e. The first-order valence-electron chi connectivity index (χ1n) is 9.06. The molecular formula is C20H18ClN5O2. The Morgan fingerprint density at radius 2 is 2.00 bits per heavy atom. The second kappa shape index (κ2) is 7.90. The predicted octanol–water partition coefficient (Wildman–Crippen LogP) is 3.01. The second-order valence-corrected chi connectivity index (χ2v) is 7.00. The zero-order valence-corrected chi connectivity index (χ0v) is 15.8. The topological polar surface area (TPSA) is 89.8 Å². The first kappa shape index (κ1) is 18.3. The van der Waals surface area contributed by atoms with Crippen LogP contribution in [-0.4, -0.2) is 25.4 Å². The number of pyridine rings is 2. The Kier molecular flexibility index (Phi) is 5.16. The maximum atomic E-state index is 12.7. The van der Waals surface area contributed by atoms with E-state index >= 15 is 0 Å². The summed E-state index contributed by atoms with van der Waals surface area (Å²) in [4.78, 5) is 38.1. The average molecular weight is 396 g/mol. The molecular weight excluding hydrogens is 378 g/mol. The molecule has 28 heavy (non-hydrogen) atoms. The lowest BCUT2D eigenvalue weighted by Crippen LogP contribution is -2.34. The van der Waals surface area contributed by atoms with Crippen LogP contribution in [0.3, 0.4) is 0 Å². The maximum absolute atomic E-state index is 12.7. The molecule has 8 heteroatoms. The highest BCUT2D eigenvalue weighted by atomic mass is 35.5. The van der Waals surface area contributed by atoms with Crippen LogP contribution in [0, 0.1) is 0 Å².